The third-order valence-corrected chi connectivity index (χ3v) is 7.06. The SMILES string of the molecule is CC[C@]1(C(=O)N2Cc3cc(C(F)(F)F)cnc3CCN2)CCC(NC2CCOCC2)C1. The molecule has 3 heterocycles. The summed E-state index contributed by atoms with van der Waals surface area (Å²) in [5.41, 5.74) is 2.97. The Hall–Kier alpha value is -1.71. The van der Waals surface area contributed by atoms with Gasteiger partial charge in [-0.05, 0) is 50.2 Å². The van der Waals surface area contributed by atoms with Crippen molar-refractivity contribution in [3.05, 3.63) is 29.1 Å². The summed E-state index contributed by atoms with van der Waals surface area (Å²) in [6.07, 6.45) is 2.09. The number of hydrogen-bond donors (Lipinski definition) is 2. The summed E-state index contributed by atoms with van der Waals surface area (Å²) in [5, 5.41) is 5.25. The van der Waals surface area contributed by atoms with E-state index >= 15 is 0 Å². The monoisotopic (exact) mass is 440 g/mol. The summed E-state index contributed by atoms with van der Waals surface area (Å²) in [4.78, 5) is 17.6. The highest BCUT2D eigenvalue weighted by Crippen LogP contribution is 2.43. The lowest BCUT2D eigenvalue weighted by Gasteiger charge is -2.34. The topological polar surface area (TPSA) is 66.5 Å². The van der Waals surface area contributed by atoms with Crippen LogP contribution in [0.2, 0.25) is 0 Å². The number of halogens is 3. The molecule has 4 rings (SSSR count). The molecule has 1 unspecified atom stereocenters. The van der Waals surface area contributed by atoms with Gasteiger partial charge in [-0.2, -0.15) is 13.2 Å². The minimum Gasteiger partial charge on any atom is -0.381 e. The number of alkyl halides is 3. The fraction of sp³-hybridized carbons (Fsp3) is 0.727. The molecule has 0 aromatic carbocycles. The van der Waals surface area contributed by atoms with E-state index in [2.05, 4.69) is 15.7 Å². The first kappa shape index (κ1) is 22.5. The predicted octanol–water partition coefficient (Wildman–Crippen LogP) is 3.21. The first-order chi connectivity index (χ1) is 14.8. The van der Waals surface area contributed by atoms with Crippen LogP contribution in [0.25, 0.3) is 0 Å². The van der Waals surface area contributed by atoms with Gasteiger partial charge in [-0.15, -0.1) is 0 Å². The Kier molecular flexibility index (Phi) is 6.55. The maximum Gasteiger partial charge on any atom is 0.417 e. The summed E-state index contributed by atoms with van der Waals surface area (Å²) >= 11 is 0. The van der Waals surface area contributed by atoms with Crippen molar-refractivity contribution in [3.63, 3.8) is 0 Å². The third kappa shape index (κ3) is 4.88. The number of hydrogen-bond acceptors (Lipinski definition) is 5. The number of carbonyl (C=O) groups is 1. The molecule has 2 atom stereocenters. The first-order valence-electron chi connectivity index (χ1n) is 11.2. The molecule has 2 aliphatic heterocycles. The van der Waals surface area contributed by atoms with Crippen molar-refractivity contribution in [2.45, 2.75) is 76.7 Å². The van der Waals surface area contributed by atoms with Gasteiger partial charge in [0, 0.05) is 50.2 Å². The molecule has 172 valence electrons. The zero-order valence-electron chi connectivity index (χ0n) is 17.9. The van der Waals surface area contributed by atoms with Gasteiger partial charge in [-0.1, -0.05) is 6.92 Å². The predicted molar refractivity (Wildman–Crippen MR) is 109 cm³/mol. The van der Waals surface area contributed by atoms with Crippen LogP contribution in [0.15, 0.2) is 12.3 Å². The maximum atomic E-state index is 13.6. The van der Waals surface area contributed by atoms with E-state index in [0.717, 1.165) is 57.6 Å². The number of aromatic nitrogens is 1. The zero-order valence-corrected chi connectivity index (χ0v) is 17.9. The Morgan fingerprint density at radius 2 is 2.10 bits per heavy atom. The number of rotatable bonds is 4. The molecule has 1 aromatic rings. The van der Waals surface area contributed by atoms with Gasteiger partial charge >= 0.3 is 6.18 Å². The van der Waals surface area contributed by atoms with Gasteiger partial charge in [0.05, 0.1) is 17.5 Å². The van der Waals surface area contributed by atoms with Crippen LogP contribution in [0.3, 0.4) is 0 Å². The number of fused-ring (bicyclic) bond motifs is 1. The summed E-state index contributed by atoms with van der Waals surface area (Å²) in [6.45, 7) is 4.15. The van der Waals surface area contributed by atoms with E-state index in [4.69, 9.17) is 4.74 Å². The van der Waals surface area contributed by atoms with E-state index in [1.54, 1.807) is 0 Å². The average molecular weight is 441 g/mol. The van der Waals surface area contributed by atoms with Gasteiger partial charge in [0.15, 0.2) is 0 Å². The molecule has 9 heteroatoms. The van der Waals surface area contributed by atoms with Crippen LogP contribution in [-0.2, 0) is 28.7 Å². The van der Waals surface area contributed by atoms with Crippen molar-refractivity contribution in [3.8, 4) is 0 Å². The van der Waals surface area contributed by atoms with Crippen LogP contribution in [-0.4, -0.2) is 47.7 Å². The van der Waals surface area contributed by atoms with E-state index in [1.807, 2.05) is 6.92 Å². The third-order valence-electron chi connectivity index (χ3n) is 7.06. The molecule has 1 amide bonds. The van der Waals surface area contributed by atoms with E-state index < -0.39 is 17.2 Å². The van der Waals surface area contributed by atoms with Gasteiger partial charge in [0.25, 0.3) is 0 Å². The molecular weight excluding hydrogens is 409 g/mol. The Bertz CT molecular complexity index is 797. The highest BCUT2D eigenvalue weighted by molar-refractivity contribution is 5.83. The molecule has 31 heavy (non-hydrogen) atoms. The molecule has 1 saturated heterocycles. The second-order valence-electron chi connectivity index (χ2n) is 9.00. The fourth-order valence-electron chi connectivity index (χ4n) is 5.15. The summed E-state index contributed by atoms with van der Waals surface area (Å²) in [7, 11) is 0. The second-order valence-corrected chi connectivity index (χ2v) is 9.00. The van der Waals surface area contributed by atoms with Gasteiger partial charge in [-0.25, -0.2) is 5.43 Å². The number of pyridine rings is 1. The quantitative estimate of drug-likeness (QED) is 0.753. The van der Waals surface area contributed by atoms with Crippen molar-refractivity contribution in [2.24, 2.45) is 5.41 Å². The molecule has 1 saturated carbocycles. The number of carbonyl (C=O) groups excluding carboxylic acids is 1. The minimum atomic E-state index is -4.45. The molecule has 0 spiro atoms. The van der Waals surface area contributed by atoms with Crippen LogP contribution in [0.1, 0.15) is 62.3 Å². The number of nitrogens with one attached hydrogen (secondary N) is 2. The smallest absolute Gasteiger partial charge is 0.381 e. The van der Waals surface area contributed by atoms with Crippen LogP contribution in [0.5, 0.6) is 0 Å². The molecule has 2 fully saturated rings. The largest absolute Gasteiger partial charge is 0.417 e. The Labute approximate surface area is 180 Å². The molecule has 1 aromatic heterocycles. The summed E-state index contributed by atoms with van der Waals surface area (Å²) < 4.78 is 44.9. The van der Waals surface area contributed by atoms with Crippen molar-refractivity contribution < 1.29 is 22.7 Å². The standard InChI is InChI=1S/C22H31F3N4O2/c1-2-21(7-3-18(12-21)28-17-5-9-31-10-6-17)20(30)29-14-15-11-16(22(23,24)25)13-26-19(15)4-8-27-29/h11,13,17-18,27-28H,2-10,12,14H2,1H3/t18?,21-/m0/s1. The maximum absolute atomic E-state index is 13.6. The van der Waals surface area contributed by atoms with Crippen LogP contribution in [0, 0.1) is 5.41 Å². The van der Waals surface area contributed by atoms with Crippen LogP contribution < -0.4 is 10.7 Å². The lowest BCUT2D eigenvalue weighted by Crippen LogP contribution is -2.50. The number of amides is 1. The van der Waals surface area contributed by atoms with Crippen molar-refractivity contribution in [2.75, 3.05) is 19.8 Å². The minimum absolute atomic E-state index is 0.0171. The van der Waals surface area contributed by atoms with Crippen LogP contribution >= 0.6 is 0 Å². The highest BCUT2D eigenvalue weighted by Gasteiger charge is 2.46. The lowest BCUT2D eigenvalue weighted by atomic mass is 9.81. The van der Waals surface area contributed by atoms with Crippen molar-refractivity contribution in [1.29, 1.82) is 0 Å². The number of hydrazine groups is 1. The lowest BCUT2D eigenvalue weighted by molar-refractivity contribution is -0.146. The molecule has 0 bridgehead atoms. The molecule has 6 nitrogen and oxygen atoms in total. The molecule has 0 radical (unpaired) electrons. The molecule has 1 aliphatic carbocycles. The number of nitrogens with zero attached hydrogens (tertiary/aromatic N) is 2. The fourth-order valence-corrected chi connectivity index (χ4v) is 5.15. The van der Waals surface area contributed by atoms with E-state index in [0.29, 0.717) is 36.7 Å². The molecule has 2 N–H and O–H groups in total. The highest BCUT2D eigenvalue weighted by atomic mass is 19.4. The van der Waals surface area contributed by atoms with Crippen molar-refractivity contribution >= 4 is 5.91 Å². The average Bonchev–Trinajstić information content (AvgIpc) is 3.05. The zero-order chi connectivity index (χ0) is 22.1. The Balaban J connectivity index is 1.47. The summed E-state index contributed by atoms with van der Waals surface area (Å²) in [5.74, 6) is -0.0171. The molecular formula is C22H31F3N4O2. The summed E-state index contributed by atoms with van der Waals surface area (Å²) in [6, 6.07) is 1.85. The normalized spacial score (nSPS) is 27.7. The van der Waals surface area contributed by atoms with E-state index in [1.165, 1.54) is 5.01 Å². The van der Waals surface area contributed by atoms with Gasteiger partial charge in [-0.3, -0.25) is 14.8 Å². The van der Waals surface area contributed by atoms with Crippen molar-refractivity contribution in [1.82, 2.24) is 20.7 Å². The Morgan fingerprint density at radius 1 is 1.32 bits per heavy atom. The van der Waals surface area contributed by atoms with Gasteiger partial charge < -0.3 is 10.1 Å². The van der Waals surface area contributed by atoms with Gasteiger partial charge in [0.1, 0.15) is 0 Å². The Morgan fingerprint density at radius 3 is 2.81 bits per heavy atom. The second kappa shape index (κ2) is 9.03. The number of ether oxygens (including phenoxy) is 1. The van der Waals surface area contributed by atoms with Gasteiger partial charge in [0.2, 0.25) is 5.91 Å². The first-order valence-corrected chi connectivity index (χ1v) is 11.2. The van der Waals surface area contributed by atoms with Crippen LogP contribution in [0.4, 0.5) is 13.2 Å². The van der Waals surface area contributed by atoms with E-state index in [9.17, 15) is 18.0 Å². The molecule has 3 aliphatic rings. The van der Waals surface area contributed by atoms with E-state index in [-0.39, 0.29) is 18.5 Å².